The number of nitrogens with zero attached hydrogens (tertiary/aromatic N) is 2. The summed E-state index contributed by atoms with van der Waals surface area (Å²) in [6.07, 6.45) is 1.07. The monoisotopic (exact) mass is 189 g/mol. The smallest absolute Gasteiger partial charge is 0.201 e. The molecule has 1 aromatic heterocycles. The molecular weight excluding hydrogens is 174 g/mol. The number of imidazole rings is 1. The van der Waals surface area contributed by atoms with Gasteiger partial charge in [-0.15, -0.1) is 0 Å². The SMILES string of the molecule is CCCn1c(N)nc2cccc(C)c21. The van der Waals surface area contributed by atoms with Crippen LogP contribution in [0.3, 0.4) is 0 Å². The molecule has 0 spiro atoms. The minimum atomic E-state index is 0.621. The second-order valence-corrected chi connectivity index (χ2v) is 3.56. The number of nitrogen functional groups attached to an aromatic ring is 1. The predicted octanol–water partition coefficient (Wildman–Crippen LogP) is 2.34. The zero-order chi connectivity index (χ0) is 10.1. The Balaban J connectivity index is 2.73. The van der Waals surface area contributed by atoms with E-state index in [1.165, 1.54) is 11.1 Å². The van der Waals surface area contributed by atoms with Gasteiger partial charge in [0.15, 0.2) is 0 Å². The maximum absolute atomic E-state index is 5.86. The number of aryl methyl sites for hydroxylation is 2. The first-order valence-electron chi connectivity index (χ1n) is 4.95. The van der Waals surface area contributed by atoms with Crippen LogP contribution in [0.5, 0.6) is 0 Å². The molecule has 1 heterocycles. The van der Waals surface area contributed by atoms with Crippen molar-refractivity contribution in [3.63, 3.8) is 0 Å². The summed E-state index contributed by atoms with van der Waals surface area (Å²) in [5, 5.41) is 0. The van der Waals surface area contributed by atoms with E-state index in [1.54, 1.807) is 0 Å². The van der Waals surface area contributed by atoms with Crippen LogP contribution in [-0.2, 0) is 6.54 Å². The summed E-state index contributed by atoms with van der Waals surface area (Å²) in [7, 11) is 0. The van der Waals surface area contributed by atoms with Gasteiger partial charge in [-0.1, -0.05) is 19.1 Å². The number of nitrogens with two attached hydrogens (primary N) is 1. The Morgan fingerprint density at radius 2 is 2.21 bits per heavy atom. The van der Waals surface area contributed by atoms with E-state index in [0.717, 1.165) is 18.5 Å². The molecule has 0 amide bonds. The molecule has 0 saturated carbocycles. The molecule has 0 saturated heterocycles. The average Bonchev–Trinajstić information content (AvgIpc) is 2.45. The zero-order valence-electron chi connectivity index (χ0n) is 8.62. The molecule has 1 aromatic carbocycles. The molecule has 74 valence electrons. The van der Waals surface area contributed by atoms with Gasteiger partial charge in [0, 0.05) is 6.54 Å². The van der Waals surface area contributed by atoms with Crippen LogP contribution in [0.15, 0.2) is 18.2 Å². The molecule has 0 bridgehead atoms. The van der Waals surface area contributed by atoms with Crippen molar-refractivity contribution in [3.8, 4) is 0 Å². The highest BCUT2D eigenvalue weighted by atomic mass is 15.1. The van der Waals surface area contributed by atoms with Crippen molar-refractivity contribution in [1.29, 1.82) is 0 Å². The van der Waals surface area contributed by atoms with Crippen molar-refractivity contribution >= 4 is 17.0 Å². The van der Waals surface area contributed by atoms with Crippen LogP contribution in [0.25, 0.3) is 11.0 Å². The lowest BCUT2D eigenvalue weighted by Gasteiger charge is -2.05. The highest BCUT2D eigenvalue weighted by Gasteiger charge is 2.08. The van der Waals surface area contributed by atoms with Gasteiger partial charge in [0.05, 0.1) is 11.0 Å². The van der Waals surface area contributed by atoms with Gasteiger partial charge in [-0.05, 0) is 25.0 Å². The minimum absolute atomic E-state index is 0.621. The van der Waals surface area contributed by atoms with Gasteiger partial charge in [-0.25, -0.2) is 4.98 Å². The Kier molecular flexibility index (Phi) is 2.15. The quantitative estimate of drug-likeness (QED) is 0.788. The third kappa shape index (κ3) is 1.25. The number of rotatable bonds is 2. The standard InChI is InChI=1S/C11H15N3/c1-3-7-14-10-8(2)5-4-6-9(10)13-11(14)12/h4-6H,3,7H2,1-2H3,(H2,12,13). The van der Waals surface area contributed by atoms with Gasteiger partial charge in [0.1, 0.15) is 0 Å². The summed E-state index contributed by atoms with van der Waals surface area (Å²) in [6, 6.07) is 6.11. The summed E-state index contributed by atoms with van der Waals surface area (Å²) in [4.78, 5) is 4.33. The van der Waals surface area contributed by atoms with E-state index >= 15 is 0 Å². The molecule has 0 aliphatic heterocycles. The van der Waals surface area contributed by atoms with Crippen LogP contribution in [0, 0.1) is 6.92 Å². The molecule has 3 nitrogen and oxygen atoms in total. The van der Waals surface area contributed by atoms with Crippen molar-refractivity contribution in [2.45, 2.75) is 26.8 Å². The summed E-state index contributed by atoms with van der Waals surface area (Å²) >= 11 is 0. The number of benzene rings is 1. The van der Waals surface area contributed by atoms with Crippen LogP contribution in [0.4, 0.5) is 5.95 Å². The predicted molar refractivity (Wildman–Crippen MR) is 59.2 cm³/mol. The third-order valence-electron chi connectivity index (χ3n) is 2.45. The fourth-order valence-corrected chi connectivity index (χ4v) is 1.83. The Labute approximate surface area is 83.6 Å². The van der Waals surface area contributed by atoms with E-state index in [1.807, 2.05) is 12.1 Å². The van der Waals surface area contributed by atoms with Gasteiger partial charge in [0.2, 0.25) is 5.95 Å². The largest absolute Gasteiger partial charge is 0.369 e. The molecular formula is C11H15N3. The second-order valence-electron chi connectivity index (χ2n) is 3.56. The van der Waals surface area contributed by atoms with E-state index in [0.29, 0.717) is 5.95 Å². The molecule has 2 rings (SSSR count). The number of hydrogen-bond acceptors (Lipinski definition) is 2. The number of fused-ring (bicyclic) bond motifs is 1. The maximum Gasteiger partial charge on any atom is 0.201 e. The summed E-state index contributed by atoms with van der Waals surface area (Å²) in [5.41, 5.74) is 9.27. The lowest BCUT2D eigenvalue weighted by atomic mass is 10.2. The van der Waals surface area contributed by atoms with Crippen molar-refractivity contribution in [1.82, 2.24) is 9.55 Å². The summed E-state index contributed by atoms with van der Waals surface area (Å²) in [5.74, 6) is 0.621. The molecule has 0 fully saturated rings. The van der Waals surface area contributed by atoms with Crippen molar-refractivity contribution in [2.75, 3.05) is 5.73 Å². The van der Waals surface area contributed by atoms with Crippen LogP contribution in [-0.4, -0.2) is 9.55 Å². The summed E-state index contributed by atoms with van der Waals surface area (Å²) < 4.78 is 2.09. The Bertz CT molecular complexity index is 457. The van der Waals surface area contributed by atoms with Crippen LogP contribution in [0.1, 0.15) is 18.9 Å². The Morgan fingerprint density at radius 3 is 2.93 bits per heavy atom. The molecule has 14 heavy (non-hydrogen) atoms. The van der Waals surface area contributed by atoms with Gasteiger partial charge >= 0.3 is 0 Å². The average molecular weight is 189 g/mol. The number of anilines is 1. The van der Waals surface area contributed by atoms with E-state index in [9.17, 15) is 0 Å². The third-order valence-corrected chi connectivity index (χ3v) is 2.45. The first-order chi connectivity index (χ1) is 6.74. The fraction of sp³-hybridized carbons (Fsp3) is 0.364. The summed E-state index contributed by atoms with van der Waals surface area (Å²) in [6.45, 7) is 5.17. The first-order valence-corrected chi connectivity index (χ1v) is 4.95. The number of para-hydroxylation sites is 1. The molecule has 2 aromatic rings. The van der Waals surface area contributed by atoms with Crippen LogP contribution in [0.2, 0.25) is 0 Å². The zero-order valence-corrected chi connectivity index (χ0v) is 8.62. The van der Waals surface area contributed by atoms with Gasteiger partial charge < -0.3 is 10.3 Å². The number of aromatic nitrogens is 2. The van der Waals surface area contributed by atoms with Gasteiger partial charge in [-0.2, -0.15) is 0 Å². The number of hydrogen-bond donors (Lipinski definition) is 1. The molecule has 0 aliphatic carbocycles. The van der Waals surface area contributed by atoms with Crippen molar-refractivity contribution in [2.24, 2.45) is 0 Å². The van der Waals surface area contributed by atoms with Crippen molar-refractivity contribution in [3.05, 3.63) is 23.8 Å². The molecule has 0 radical (unpaired) electrons. The molecule has 0 aliphatic rings. The lowest BCUT2D eigenvalue weighted by molar-refractivity contribution is 0.705. The fourth-order valence-electron chi connectivity index (χ4n) is 1.83. The first kappa shape index (κ1) is 9.06. The molecule has 0 atom stereocenters. The highest BCUT2D eigenvalue weighted by Crippen LogP contribution is 2.21. The van der Waals surface area contributed by atoms with E-state index in [4.69, 9.17) is 5.73 Å². The minimum Gasteiger partial charge on any atom is -0.369 e. The Hall–Kier alpha value is -1.51. The van der Waals surface area contributed by atoms with E-state index in [-0.39, 0.29) is 0 Å². The van der Waals surface area contributed by atoms with Crippen LogP contribution < -0.4 is 5.73 Å². The normalized spacial score (nSPS) is 11.0. The second kappa shape index (κ2) is 3.33. The Morgan fingerprint density at radius 1 is 1.43 bits per heavy atom. The van der Waals surface area contributed by atoms with Crippen LogP contribution >= 0.6 is 0 Å². The van der Waals surface area contributed by atoms with E-state index < -0.39 is 0 Å². The van der Waals surface area contributed by atoms with Crippen molar-refractivity contribution < 1.29 is 0 Å². The molecule has 3 heteroatoms. The van der Waals surface area contributed by atoms with Gasteiger partial charge in [0.25, 0.3) is 0 Å². The lowest BCUT2D eigenvalue weighted by Crippen LogP contribution is -2.03. The van der Waals surface area contributed by atoms with E-state index in [2.05, 4.69) is 29.5 Å². The molecule has 2 N–H and O–H groups in total. The van der Waals surface area contributed by atoms with Gasteiger partial charge in [-0.3, -0.25) is 0 Å². The maximum atomic E-state index is 5.86. The topological polar surface area (TPSA) is 43.8 Å². The highest BCUT2D eigenvalue weighted by molar-refractivity contribution is 5.81. The molecule has 0 unspecified atom stereocenters.